The molecular weight excluding hydrogens is 264 g/mol. The Bertz CT molecular complexity index is 405. The van der Waals surface area contributed by atoms with Gasteiger partial charge in [0.15, 0.2) is 0 Å². The average molecular weight is 292 g/mol. The summed E-state index contributed by atoms with van der Waals surface area (Å²) in [5, 5.41) is 15.9. The van der Waals surface area contributed by atoms with E-state index in [0.717, 1.165) is 45.3 Å². The summed E-state index contributed by atoms with van der Waals surface area (Å²) < 4.78 is 0. The SMILES string of the molecule is CC1(C)CNCCN1CC(=O)NC1(C#N)CCCCCC1. The van der Waals surface area contributed by atoms with Crippen LogP contribution in [0.5, 0.6) is 0 Å². The Morgan fingerprint density at radius 2 is 1.95 bits per heavy atom. The second-order valence-corrected chi connectivity index (χ2v) is 7.07. The van der Waals surface area contributed by atoms with E-state index in [0.29, 0.717) is 6.54 Å². The second-order valence-electron chi connectivity index (χ2n) is 7.07. The van der Waals surface area contributed by atoms with E-state index in [2.05, 4.69) is 35.5 Å². The fourth-order valence-electron chi connectivity index (χ4n) is 3.39. The molecule has 1 aliphatic heterocycles. The molecule has 0 aromatic heterocycles. The quantitative estimate of drug-likeness (QED) is 0.772. The van der Waals surface area contributed by atoms with Crippen LogP contribution in [0.25, 0.3) is 0 Å². The molecule has 0 aromatic carbocycles. The van der Waals surface area contributed by atoms with Gasteiger partial charge in [-0.25, -0.2) is 0 Å². The van der Waals surface area contributed by atoms with E-state index in [1.165, 1.54) is 12.8 Å². The zero-order chi connectivity index (χ0) is 15.3. The van der Waals surface area contributed by atoms with Crippen LogP contribution in [0.1, 0.15) is 52.4 Å². The third kappa shape index (κ3) is 4.18. The van der Waals surface area contributed by atoms with Gasteiger partial charge in [-0.15, -0.1) is 0 Å². The lowest BCUT2D eigenvalue weighted by Crippen LogP contribution is -2.61. The largest absolute Gasteiger partial charge is 0.337 e. The Hall–Kier alpha value is -1.12. The molecule has 0 aromatic rings. The summed E-state index contributed by atoms with van der Waals surface area (Å²) in [6.45, 7) is 7.37. The number of amides is 1. The molecule has 0 atom stereocenters. The van der Waals surface area contributed by atoms with Gasteiger partial charge in [-0.1, -0.05) is 25.7 Å². The fourth-order valence-corrected chi connectivity index (χ4v) is 3.39. The van der Waals surface area contributed by atoms with Crippen molar-refractivity contribution in [2.45, 2.75) is 63.5 Å². The van der Waals surface area contributed by atoms with Crippen LogP contribution < -0.4 is 10.6 Å². The van der Waals surface area contributed by atoms with E-state index in [1.807, 2.05) is 0 Å². The monoisotopic (exact) mass is 292 g/mol. The third-order valence-electron chi connectivity index (χ3n) is 4.86. The number of nitriles is 1. The summed E-state index contributed by atoms with van der Waals surface area (Å²) >= 11 is 0. The molecule has 0 spiro atoms. The first kappa shape index (κ1) is 16.3. The lowest BCUT2D eigenvalue weighted by molar-refractivity contribution is -0.125. The molecule has 2 rings (SSSR count). The van der Waals surface area contributed by atoms with Crippen LogP contribution in [0.4, 0.5) is 0 Å². The highest BCUT2D eigenvalue weighted by molar-refractivity contribution is 5.79. The van der Waals surface area contributed by atoms with E-state index < -0.39 is 5.54 Å². The lowest BCUT2D eigenvalue weighted by atomic mass is 9.91. The first-order valence-corrected chi connectivity index (χ1v) is 8.16. The third-order valence-corrected chi connectivity index (χ3v) is 4.86. The highest BCUT2D eigenvalue weighted by atomic mass is 16.2. The van der Waals surface area contributed by atoms with Crippen molar-refractivity contribution < 1.29 is 4.79 Å². The molecule has 2 aliphatic rings. The first-order chi connectivity index (χ1) is 9.97. The molecule has 1 saturated heterocycles. The van der Waals surface area contributed by atoms with Crippen molar-refractivity contribution in [1.82, 2.24) is 15.5 Å². The van der Waals surface area contributed by atoms with E-state index >= 15 is 0 Å². The lowest BCUT2D eigenvalue weighted by Gasteiger charge is -2.42. The predicted octanol–water partition coefficient (Wildman–Crippen LogP) is 1.40. The van der Waals surface area contributed by atoms with Crippen molar-refractivity contribution >= 4 is 5.91 Å². The highest BCUT2D eigenvalue weighted by Crippen LogP contribution is 2.26. The Balaban J connectivity index is 1.95. The minimum Gasteiger partial charge on any atom is -0.337 e. The van der Waals surface area contributed by atoms with Gasteiger partial charge in [0.25, 0.3) is 0 Å². The minimum absolute atomic E-state index is 0.00609. The van der Waals surface area contributed by atoms with Gasteiger partial charge in [-0.05, 0) is 26.7 Å². The van der Waals surface area contributed by atoms with Gasteiger partial charge in [0.05, 0.1) is 12.6 Å². The Kier molecular flexibility index (Phi) is 5.23. The van der Waals surface area contributed by atoms with Crippen molar-refractivity contribution in [3.05, 3.63) is 0 Å². The number of nitrogens with zero attached hydrogens (tertiary/aromatic N) is 2. The molecule has 1 amide bonds. The van der Waals surface area contributed by atoms with E-state index in [1.54, 1.807) is 0 Å². The normalized spacial score (nSPS) is 25.6. The molecule has 1 aliphatic carbocycles. The van der Waals surface area contributed by atoms with Crippen molar-refractivity contribution in [2.75, 3.05) is 26.2 Å². The van der Waals surface area contributed by atoms with Gasteiger partial charge in [0.2, 0.25) is 5.91 Å². The van der Waals surface area contributed by atoms with Crippen molar-refractivity contribution in [3.8, 4) is 6.07 Å². The van der Waals surface area contributed by atoms with E-state index in [9.17, 15) is 10.1 Å². The van der Waals surface area contributed by atoms with Gasteiger partial charge in [0, 0.05) is 25.2 Å². The summed E-state index contributed by atoms with van der Waals surface area (Å²) in [5.74, 6) is -0.00609. The molecule has 118 valence electrons. The van der Waals surface area contributed by atoms with Crippen LogP contribution in [-0.4, -0.2) is 48.1 Å². The average Bonchev–Trinajstić information content (AvgIpc) is 2.67. The number of hydrogen-bond donors (Lipinski definition) is 2. The predicted molar refractivity (Wildman–Crippen MR) is 82.7 cm³/mol. The Morgan fingerprint density at radius 1 is 1.29 bits per heavy atom. The highest BCUT2D eigenvalue weighted by Gasteiger charge is 2.35. The molecule has 2 fully saturated rings. The molecule has 1 saturated carbocycles. The zero-order valence-corrected chi connectivity index (χ0v) is 13.4. The van der Waals surface area contributed by atoms with Gasteiger partial charge in [0.1, 0.15) is 5.54 Å². The summed E-state index contributed by atoms with van der Waals surface area (Å²) in [6.07, 6.45) is 5.99. The minimum atomic E-state index is -0.633. The summed E-state index contributed by atoms with van der Waals surface area (Å²) in [7, 11) is 0. The van der Waals surface area contributed by atoms with Crippen LogP contribution in [0.2, 0.25) is 0 Å². The topological polar surface area (TPSA) is 68.2 Å². The van der Waals surface area contributed by atoms with Gasteiger partial charge < -0.3 is 10.6 Å². The van der Waals surface area contributed by atoms with Crippen LogP contribution in [0.15, 0.2) is 0 Å². The maximum atomic E-state index is 12.4. The maximum absolute atomic E-state index is 12.4. The van der Waals surface area contributed by atoms with Crippen molar-refractivity contribution in [2.24, 2.45) is 0 Å². The molecule has 0 bridgehead atoms. The molecule has 1 heterocycles. The summed E-state index contributed by atoms with van der Waals surface area (Å²) in [5.41, 5.74) is -0.648. The molecular formula is C16H28N4O. The molecule has 5 nitrogen and oxygen atoms in total. The Morgan fingerprint density at radius 3 is 2.52 bits per heavy atom. The van der Waals surface area contributed by atoms with E-state index in [4.69, 9.17) is 0 Å². The molecule has 5 heteroatoms. The number of piperazine rings is 1. The van der Waals surface area contributed by atoms with Crippen LogP contribution in [0, 0.1) is 11.3 Å². The zero-order valence-electron chi connectivity index (χ0n) is 13.4. The fraction of sp³-hybridized carbons (Fsp3) is 0.875. The van der Waals surface area contributed by atoms with Crippen LogP contribution >= 0.6 is 0 Å². The number of carbonyl (C=O) groups excluding carboxylic acids is 1. The number of rotatable bonds is 3. The summed E-state index contributed by atoms with van der Waals surface area (Å²) in [4.78, 5) is 14.6. The molecule has 0 unspecified atom stereocenters. The van der Waals surface area contributed by atoms with Gasteiger partial charge in [-0.2, -0.15) is 5.26 Å². The van der Waals surface area contributed by atoms with E-state index in [-0.39, 0.29) is 11.4 Å². The second kappa shape index (κ2) is 6.76. The smallest absolute Gasteiger partial charge is 0.235 e. The maximum Gasteiger partial charge on any atom is 0.235 e. The Labute approximate surface area is 128 Å². The van der Waals surface area contributed by atoms with Gasteiger partial charge in [-0.3, -0.25) is 9.69 Å². The molecule has 21 heavy (non-hydrogen) atoms. The standard InChI is InChI=1S/C16H28N4O/c1-15(2)13-18-9-10-20(15)11-14(21)19-16(12-17)7-5-3-4-6-8-16/h18H,3-11,13H2,1-2H3,(H,19,21). The van der Waals surface area contributed by atoms with Gasteiger partial charge >= 0.3 is 0 Å². The van der Waals surface area contributed by atoms with Crippen LogP contribution in [0.3, 0.4) is 0 Å². The number of nitrogens with one attached hydrogen (secondary N) is 2. The van der Waals surface area contributed by atoms with Crippen LogP contribution in [-0.2, 0) is 4.79 Å². The summed E-state index contributed by atoms with van der Waals surface area (Å²) in [6, 6.07) is 2.38. The molecule has 0 radical (unpaired) electrons. The van der Waals surface area contributed by atoms with Crippen molar-refractivity contribution in [1.29, 1.82) is 5.26 Å². The molecule has 2 N–H and O–H groups in total. The number of hydrogen-bond acceptors (Lipinski definition) is 4. The van der Waals surface area contributed by atoms with Crippen molar-refractivity contribution in [3.63, 3.8) is 0 Å². The number of carbonyl (C=O) groups is 1. The first-order valence-electron chi connectivity index (χ1n) is 8.16.